The summed E-state index contributed by atoms with van der Waals surface area (Å²) < 4.78 is 5.57. The lowest BCUT2D eigenvalue weighted by atomic mass is 9.59. The molecule has 2 atom stereocenters. The fraction of sp³-hybridized carbons (Fsp3) is 0.500. The molecule has 1 fully saturated rings. The highest BCUT2D eigenvalue weighted by Gasteiger charge is 2.42. The summed E-state index contributed by atoms with van der Waals surface area (Å²) in [4.78, 5) is 0. The van der Waals surface area contributed by atoms with Crippen LogP contribution in [0.1, 0.15) is 50.2 Å². The van der Waals surface area contributed by atoms with Gasteiger partial charge < -0.3 is 9.84 Å². The van der Waals surface area contributed by atoms with Crippen LogP contribution in [-0.2, 0) is 6.42 Å². The summed E-state index contributed by atoms with van der Waals surface area (Å²) in [5.74, 6) is 1.03. The van der Waals surface area contributed by atoms with Crippen molar-refractivity contribution in [2.75, 3.05) is 7.11 Å². The molecule has 0 spiro atoms. The van der Waals surface area contributed by atoms with Crippen LogP contribution in [0.3, 0.4) is 0 Å². The van der Waals surface area contributed by atoms with Crippen molar-refractivity contribution in [3.63, 3.8) is 0 Å². The van der Waals surface area contributed by atoms with Gasteiger partial charge >= 0.3 is 0 Å². The molecule has 3 aliphatic rings. The van der Waals surface area contributed by atoms with Crippen LogP contribution >= 0.6 is 0 Å². The Kier molecular flexibility index (Phi) is 3.19. The Bertz CT molecular complexity index is 683. The number of hydrogen-bond acceptors (Lipinski definition) is 2. The number of aliphatic hydroxyl groups excluding tert-OH is 1. The van der Waals surface area contributed by atoms with Crippen molar-refractivity contribution >= 4 is 5.57 Å². The second kappa shape index (κ2) is 4.99. The first-order chi connectivity index (χ1) is 10.6. The van der Waals surface area contributed by atoms with Gasteiger partial charge in [-0.3, -0.25) is 0 Å². The molecule has 0 bridgehead atoms. The van der Waals surface area contributed by atoms with Crippen molar-refractivity contribution in [2.24, 2.45) is 5.41 Å². The molecule has 0 saturated heterocycles. The molecule has 4 rings (SSSR count). The van der Waals surface area contributed by atoms with E-state index in [0.717, 1.165) is 44.3 Å². The van der Waals surface area contributed by atoms with E-state index in [1.54, 1.807) is 12.7 Å². The lowest BCUT2D eigenvalue weighted by Crippen LogP contribution is -2.35. The molecule has 116 valence electrons. The third-order valence-corrected chi connectivity index (χ3v) is 6.03. The van der Waals surface area contributed by atoms with E-state index in [2.05, 4.69) is 31.2 Å². The van der Waals surface area contributed by atoms with Gasteiger partial charge in [0.1, 0.15) is 5.75 Å². The van der Waals surface area contributed by atoms with Crippen molar-refractivity contribution in [3.05, 3.63) is 46.5 Å². The number of hydrogen-bond donors (Lipinski definition) is 1. The number of ether oxygens (including phenoxy) is 1. The average Bonchev–Trinajstić information content (AvgIpc) is 2.54. The summed E-state index contributed by atoms with van der Waals surface area (Å²) in [6.45, 7) is 2.39. The second-order valence-corrected chi connectivity index (χ2v) is 7.11. The normalized spacial score (nSPS) is 30.1. The summed E-state index contributed by atoms with van der Waals surface area (Å²) in [5, 5.41) is 10.0. The quantitative estimate of drug-likeness (QED) is 0.784. The first-order valence-electron chi connectivity index (χ1n) is 8.40. The number of rotatable bonds is 1. The molecule has 1 N–H and O–H groups in total. The molecule has 2 heteroatoms. The van der Waals surface area contributed by atoms with Crippen LogP contribution in [0.15, 0.2) is 35.4 Å². The molecule has 0 amide bonds. The Morgan fingerprint density at radius 1 is 1.27 bits per heavy atom. The zero-order valence-electron chi connectivity index (χ0n) is 13.5. The van der Waals surface area contributed by atoms with Crippen LogP contribution in [0.5, 0.6) is 5.75 Å². The maximum absolute atomic E-state index is 10.0. The van der Waals surface area contributed by atoms with Gasteiger partial charge in [0.15, 0.2) is 0 Å². The van der Waals surface area contributed by atoms with Crippen molar-refractivity contribution in [3.8, 4) is 5.75 Å². The van der Waals surface area contributed by atoms with Gasteiger partial charge in [-0.25, -0.2) is 0 Å². The fourth-order valence-electron chi connectivity index (χ4n) is 4.78. The van der Waals surface area contributed by atoms with Gasteiger partial charge in [-0.15, -0.1) is 0 Å². The first kappa shape index (κ1) is 14.1. The van der Waals surface area contributed by atoms with E-state index in [9.17, 15) is 5.11 Å². The monoisotopic (exact) mass is 296 g/mol. The summed E-state index contributed by atoms with van der Waals surface area (Å²) in [6, 6.07) is 6.44. The summed E-state index contributed by atoms with van der Waals surface area (Å²) in [5.41, 5.74) is 7.55. The minimum atomic E-state index is -0.141. The van der Waals surface area contributed by atoms with E-state index in [1.165, 1.54) is 22.3 Å². The third kappa shape index (κ3) is 1.90. The molecule has 1 saturated carbocycles. The highest BCUT2D eigenvalue weighted by Crippen LogP contribution is 2.55. The Labute approximate surface area is 132 Å². The topological polar surface area (TPSA) is 29.5 Å². The number of fused-ring (bicyclic) bond motifs is 4. The summed E-state index contributed by atoms with van der Waals surface area (Å²) >= 11 is 0. The van der Waals surface area contributed by atoms with E-state index in [1.807, 2.05) is 0 Å². The van der Waals surface area contributed by atoms with E-state index >= 15 is 0 Å². The van der Waals surface area contributed by atoms with Gasteiger partial charge in [-0.2, -0.15) is 0 Å². The Morgan fingerprint density at radius 3 is 2.95 bits per heavy atom. The Hall–Kier alpha value is -1.54. The van der Waals surface area contributed by atoms with Gasteiger partial charge in [0.2, 0.25) is 0 Å². The van der Waals surface area contributed by atoms with Crippen LogP contribution in [0, 0.1) is 5.41 Å². The highest BCUT2D eigenvalue weighted by molar-refractivity contribution is 5.78. The predicted octanol–water partition coefficient (Wildman–Crippen LogP) is 4.28. The van der Waals surface area contributed by atoms with Crippen LogP contribution in [0.25, 0.3) is 5.57 Å². The lowest BCUT2D eigenvalue weighted by molar-refractivity contribution is 0.120. The molecule has 1 aromatic rings. The zero-order chi connectivity index (χ0) is 15.3. The molecule has 2 nitrogen and oxygen atoms in total. The SMILES string of the molecule is COc1cccc2c1CCC1=C2CC=C2CC(O)CCC21C. The molecule has 0 aromatic heterocycles. The number of methoxy groups -OCH3 is 1. The zero-order valence-corrected chi connectivity index (χ0v) is 13.5. The maximum atomic E-state index is 10.0. The van der Waals surface area contributed by atoms with E-state index in [-0.39, 0.29) is 11.5 Å². The highest BCUT2D eigenvalue weighted by atomic mass is 16.5. The van der Waals surface area contributed by atoms with Crippen LogP contribution in [0.2, 0.25) is 0 Å². The molecule has 22 heavy (non-hydrogen) atoms. The van der Waals surface area contributed by atoms with Crippen LogP contribution in [0.4, 0.5) is 0 Å². The second-order valence-electron chi connectivity index (χ2n) is 7.11. The minimum absolute atomic E-state index is 0.141. The number of benzene rings is 1. The van der Waals surface area contributed by atoms with Gasteiger partial charge in [0.25, 0.3) is 0 Å². The van der Waals surface area contributed by atoms with Gasteiger partial charge in [0, 0.05) is 11.0 Å². The molecule has 0 heterocycles. The smallest absolute Gasteiger partial charge is 0.122 e. The fourth-order valence-corrected chi connectivity index (χ4v) is 4.78. The molecular formula is C20H24O2. The van der Waals surface area contributed by atoms with Crippen molar-refractivity contribution in [1.82, 2.24) is 0 Å². The minimum Gasteiger partial charge on any atom is -0.496 e. The molecular weight excluding hydrogens is 272 g/mol. The van der Waals surface area contributed by atoms with Gasteiger partial charge in [-0.05, 0) is 55.7 Å². The Balaban J connectivity index is 1.82. The first-order valence-corrected chi connectivity index (χ1v) is 8.40. The summed E-state index contributed by atoms with van der Waals surface area (Å²) in [7, 11) is 1.77. The largest absolute Gasteiger partial charge is 0.496 e. The van der Waals surface area contributed by atoms with E-state index in [4.69, 9.17) is 4.74 Å². The van der Waals surface area contributed by atoms with Crippen molar-refractivity contribution < 1.29 is 9.84 Å². The van der Waals surface area contributed by atoms with Gasteiger partial charge in [-0.1, -0.05) is 36.3 Å². The third-order valence-electron chi connectivity index (χ3n) is 6.03. The molecule has 3 aliphatic carbocycles. The van der Waals surface area contributed by atoms with Crippen molar-refractivity contribution in [2.45, 2.75) is 51.6 Å². The van der Waals surface area contributed by atoms with Gasteiger partial charge in [0.05, 0.1) is 13.2 Å². The van der Waals surface area contributed by atoms with E-state index in [0.29, 0.717) is 0 Å². The molecule has 0 aliphatic heterocycles. The molecule has 1 aromatic carbocycles. The Morgan fingerprint density at radius 2 is 2.14 bits per heavy atom. The molecule has 0 radical (unpaired) electrons. The lowest BCUT2D eigenvalue weighted by Gasteiger charge is -2.46. The number of aliphatic hydroxyl groups is 1. The maximum Gasteiger partial charge on any atom is 0.122 e. The molecule has 2 unspecified atom stereocenters. The average molecular weight is 296 g/mol. The van der Waals surface area contributed by atoms with Crippen LogP contribution in [-0.4, -0.2) is 18.3 Å². The van der Waals surface area contributed by atoms with Crippen LogP contribution < -0.4 is 4.74 Å². The summed E-state index contributed by atoms with van der Waals surface area (Å²) in [6.07, 6.45) is 8.32. The standard InChI is InChI=1S/C20H24O2/c1-20-11-10-14(21)12-13(20)6-7-16-15-4-3-5-19(22-2)17(15)8-9-18(16)20/h3-6,14,21H,7-12H2,1-2H3. The van der Waals surface area contributed by atoms with Crippen molar-refractivity contribution in [1.29, 1.82) is 0 Å². The van der Waals surface area contributed by atoms with E-state index < -0.39 is 0 Å². The predicted molar refractivity (Wildman–Crippen MR) is 88.9 cm³/mol. The number of allylic oxidation sites excluding steroid dienone is 3.